The number of hydrogen-bond donors (Lipinski definition) is 1. The Kier molecular flexibility index (Phi) is 3.76. The van der Waals surface area contributed by atoms with Gasteiger partial charge in [0.2, 0.25) is 0 Å². The summed E-state index contributed by atoms with van der Waals surface area (Å²) in [6.45, 7) is 5.43. The zero-order chi connectivity index (χ0) is 10.7. The van der Waals surface area contributed by atoms with E-state index in [1.165, 1.54) is 35.6 Å². The summed E-state index contributed by atoms with van der Waals surface area (Å²) in [6, 6.07) is 0.559. The minimum absolute atomic E-state index is 0.559. The van der Waals surface area contributed by atoms with E-state index in [1.807, 2.05) is 11.3 Å². The molecule has 1 fully saturated rings. The third kappa shape index (κ3) is 3.28. The van der Waals surface area contributed by atoms with E-state index < -0.39 is 0 Å². The van der Waals surface area contributed by atoms with Crippen LogP contribution in [0.1, 0.15) is 48.5 Å². The van der Waals surface area contributed by atoms with Gasteiger partial charge in [0.15, 0.2) is 0 Å². The third-order valence-electron chi connectivity index (χ3n) is 2.89. The molecular formula is C12H20N2S. The summed E-state index contributed by atoms with van der Waals surface area (Å²) >= 11 is 1.84. The topological polar surface area (TPSA) is 24.9 Å². The summed E-state index contributed by atoms with van der Waals surface area (Å²) in [5.41, 5.74) is 0. The number of nitrogens with zero attached hydrogens (tertiary/aromatic N) is 1. The highest BCUT2D eigenvalue weighted by Gasteiger charge is 2.26. The second kappa shape index (κ2) is 5.08. The number of aryl methyl sites for hydroxylation is 1. The summed E-state index contributed by atoms with van der Waals surface area (Å²) < 4.78 is 0. The highest BCUT2D eigenvalue weighted by atomic mass is 32.1. The van der Waals surface area contributed by atoms with Crippen LogP contribution >= 0.6 is 11.3 Å². The van der Waals surface area contributed by atoms with Gasteiger partial charge in [-0.1, -0.05) is 19.8 Å². The molecule has 1 aliphatic rings. The maximum atomic E-state index is 4.35. The van der Waals surface area contributed by atoms with Crippen molar-refractivity contribution in [2.45, 2.75) is 45.6 Å². The van der Waals surface area contributed by atoms with Crippen LogP contribution in [-0.2, 0) is 0 Å². The Balaban J connectivity index is 1.96. The fraction of sp³-hybridized carbons (Fsp3) is 0.750. The molecule has 0 aromatic carbocycles. The van der Waals surface area contributed by atoms with Crippen molar-refractivity contribution < 1.29 is 0 Å². The maximum absolute atomic E-state index is 4.35. The Bertz CT molecular complexity index is 304. The van der Waals surface area contributed by atoms with Gasteiger partial charge in [0.05, 0.1) is 5.01 Å². The molecule has 0 aliphatic heterocycles. The van der Waals surface area contributed by atoms with Crippen LogP contribution in [0, 0.1) is 12.8 Å². The van der Waals surface area contributed by atoms with Crippen LogP contribution in [0.25, 0.3) is 0 Å². The molecule has 1 aromatic heterocycles. The molecule has 1 aromatic rings. The van der Waals surface area contributed by atoms with Crippen LogP contribution in [0.5, 0.6) is 0 Å². The van der Waals surface area contributed by atoms with Crippen LogP contribution in [0.2, 0.25) is 0 Å². The van der Waals surface area contributed by atoms with Crippen LogP contribution in [0.4, 0.5) is 0 Å². The molecule has 2 nitrogen and oxygen atoms in total. The highest BCUT2D eigenvalue weighted by molar-refractivity contribution is 7.11. The zero-order valence-corrected chi connectivity index (χ0v) is 10.4. The van der Waals surface area contributed by atoms with Gasteiger partial charge >= 0.3 is 0 Å². The lowest BCUT2D eigenvalue weighted by Gasteiger charge is -2.16. The molecule has 3 heteroatoms. The van der Waals surface area contributed by atoms with Gasteiger partial charge in [-0.2, -0.15) is 0 Å². The molecule has 1 N–H and O–H groups in total. The van der Waals surface area contributed by atoms with Gasteiger partial charge in [0.1, 0.15) is 0 Å². The lowest BCUT2D eigenvalue weighted by Crippen LogP contribution is -2.21. The highest BCUT2D eigenvalue weighted by Crippen LogP contribution is 2.38. The zero-order valence-electron chi connectivity index (χ0n) is 9.62. The van der Waals surface area contributed by atoms with Gasteiger partial charge in [-0.3, -0.25) is 0 Å². The summed E-state index contributed by atoms with van der Waals surface area (Å²) in [4.78, 5) is 5.78. The first-order chi connectivity index (χ1) is 7.29. The normalized spacial score (nSPS) is 18.0. The molecule has 1 atom stereocenters. The van der Waals surface area contributed by atoms with E-state index in [0.717, 1.165) is 12.5 Å². The Hall–Kier alpha value is -0.410. The van der Waals surface area contributed by atoms with Gasteiger partial charge in [-0.25, -0.2) is 4.98 Å². The van der Waals surface area contributed by atoms with Gasteiger partial charge in [-0.15, -0.1) is 11.3 Å². The molecule has 1 aliphatic carbocycles. The summed E-state index contributed by atoms with van der Waals surface area (Å²) in [6.07, 6.45) is 7.43. The van der Waals surface area contributed by atoms with Crippen molar-refractivity contribution in [1.29, 1.82) is 0 Å². The van der Waals surface area contributed by atoms with Crippen LogP contribution in [0.15, 0.2) is 6.20 Å². The molecule has 1 unspecified atom stereocenters. The summed E-state index contributed by atoms with van der Waals surface area (Å²) in [5.74, 6) is 0.974. The lowest BCUT2D eigenvalue weighted by molar-refractivity contribution is 0.479. The first-order valence-electron chi connectivity index (χ1n) is 5.95. The molecule has 0 radical (unpaired) electrons. The van der Waals surface area contributed by atoms with Crippen molar-refractivity contribution in [2.75, 3.05) is 6.54 Å². The first kappa shape index (κ1) is 11.1. The van der Waals surface area contributed by atoms with Gasteiger partial charge < -0.3 is 5.32 Å². The minimum atomic E-state index is 0.559. The first-order valence-corrected chi connectivity index (χ1v) is 6.77. The number of hydrogen-bond acceptors (Lipinski definition) is 3. The van der Waals surface area contributed by atoms with Gasteiger partial charge in [0, 0.05) is 17.1 Å². The van der Waals surface area contributed by atoms with E-state index in [9.17, 15) is 0 Å². The van der Waals surface area contributed by atoms with E-state index >= 15 is 0 Å². The van der Waals surface area contributed by atoms with E-state index in [2.05, 4.69) is 30.3 Å². The molecule has 0 bridgehead atoms. The van der Waals surface area contributed by atoms with Crippen LogP contribution < -0.4 is 5.32 Å². The molecule has 1 saturated carbocycles. The average Bonchev–Trinajstić information content (AvgIpc) is 2.94. The van der Waals surface area contributed by atoms with E-state index in [4.69, 9.17) is 0 Å². The second-order valence-electron chi connectivity index (χ2n) is 4.47. The Labute approximate surface area is 96.1 Å². The summed E-state index contributed by atoms with van der Waals surface area (Å²) in [7, 11) is 0. The van der Waals surface area contributed by atoms with E-state index in [0.29, 0.717) is 6.04 Å². The monoisotopic (exact) mass is 224 g/mol. The van der Waals surface area contributed by atoms with Gasteiger partial charge in [0.25, 0.3) is 0 Å². The second-order valence-corrected chi connectivity index (χ2v) is 5.73. The molecular weight excluding hydrogens is 204 g/mol. The molecule has 1 heterocycles. The predicted molar refractivity (Wildman–Crippen MR) is 65.2 cm³/mol. The fourth-order valence-electron chi connectivity index (χ4n) is 1.84. The Morgan fingerprint density at radius 1 is 1.60 bits per heavy atom. The predicted octanol–water partition coefficient (Wildman–Crippen LogP) is 3.29. The SMILES string of the molecule is CCCNC(CC1CC1)c1cnc(C)s1. The van der Waals surface area contributed by atoms with E-state index in [-0.39, 0.29) is 0 Å². The molecule has 2 rings (SSSR count). The standard InChI is InChI=1S/C12H20N2S/c1-3-6-13-11(7-10-4-5-10)12-8-14-9(2)15-12/h8,10-11,13H,3-7H2,1-2H3. The van der Waals surface area contributed by atoms with Crippen molar-refractivity contribution in [1.82, 2.24) is 10.3 Å². The Morgan fingerprint density at radius 3 is 2.93 bits per heavy atom. The van der Waals surface area contributed by atoms with Crippen molar-refractivity contribution >= 4 is 11.3 Å². The number of aromatic nitrogens is 1. The third-order valence-corrected chi connectivity index (χ3v) is 3.92. The van der Waals surface area contributed by atoms with Crippen molar-refractivity contribution in [3.63, 3.8) is 0 Å². The Morgan fingerprint density at radius 2 is 2.40 bits per heavy atom. The average molecular weight is 224 g/mol. The van der Waals surface area contributed by atoms with Crippen LogP contribution in [-0.4, -0.2) is 11.5 Å². The molecule has 15 heavy (non-hydrogen) atoms. The fourth-order valence-corrected chi connectivity index (χ4v) is 2.72. The quantitative estimate of drug-likeness (QED) is 0.802. The smallest absolute Gasteiger partial charge is 0.0897 e. The van der Waals surface area contributed by atoms with Crippen LogP contribution in [0.3, 0.4) is 0 Å². The molecule has 0 saturated heterocycles. The molecule has 84 valence electrons. The van der Waals surface area contributed by atoms with Crippen molar-refractivity contribution in [3.8, 4) is 0 Å². The van der Waals surface area contributed by atoms with Crippen molar-refractivity contribution in [2.24, 2.45) is 5.92 Å². The molecule has 0 amide bonds. The number of rotatable bonds is 6. The number of nitrogens with one attached hydrogen (secondary N) is 1. The minimum Gasteiger partial charge on any atom is -0.309 e. The lowest BCUT2D eigenvalue weighted by atomic mass is 10.1. The maximum Gasteiger partial charge on any atom is 0.0897 e. The molecule has 0 spiro atoms. The van der Waals surface area contributed by atoms with Crippen molar-refractivity contribution in [3.05, 3.63) is 16.1 Å². The van der Waals surface area contributed by atoms with E-state index in [1.54, 1.807) is 0 Å². The number of thiazole rings is 1. The summed E-state index contributed by atoms with van der Waals surface area (Å²) in [5, 5.41) is 4.83. The largest absolute Gasteiger partial charge is 0.309 e. The van der Waals surface area contributed by atoms with Gasteiger partial charge in [-0.05, 0) is 32.2 Å².